The fourth-order valence-corrected chi connectivity index (χ4v) is 5.81. The van der Waals surface area contributed by atoms with Gasteiger partial charge in [0.2, 0.25) is 10.0 Å². The third-order valence-electron chi connectivity index (χ3n) is 3.69. The van der Waals surface area contributed by atoms with E-state index in [-0.39, 0.29) is 21.0 Å². The molecular formula is C13H17BrCl2N2O2S. The largest absolute Gasteiger partial charge is 0.317 e. The first-order valence-electron chi connectivity index (χ1n) is 6.67. The zero-order chi connectivity index (χ0) is 15.6. The summed E-state index contributed by atoms with van der Waals surface area (Å²) in [5, 5.41) is 3.45. The number of halogens is 3. The molecule has 4 nitrogen and oxygen atoms in total. The molecule has 0 aromatic heterocycles. The average Bonchev–Trinajstić information content (AvgIpc) is 2.37. The van der Waals surface area contributed by atoms with Gasteiger partial charge in [0.25, 0.3) is 0 Å². The van der Waals surface area contributed by atoms with Gasteiger partial charge in [0, 0.05) is 16.6 Å². The van der Waals surface area contributed by atoms with Gasteiger partial charge < -0.3 is 5.32 Å². The van der Waals surface area contributed by atoms with Crippen molar-refractivity contribution in [2.45, 2.75) is 42.7 Å². The molecule has 0 amide bonds. The van der Waals surface area contributed by atoms with Gasteiger partial charge >= 0.3 is 0 Å². The molecule has 0 atom stereocenters. The van der Waals surface area contributed by atoms with E-state index in [1.807, 2.05) is 7.05 Å². The topological polar surface area (TPSA) is 58.2 Å². The summed E-state index contributed by atoms with van der Waals surface area (Å²) in [6, 6.07) is 3.45. The van der Waals surface area contributed by atoms with Crippen molar-refractivity contribution in [1.82, 2.24) is 10.0 Å². The van der Waals surface area contributed by atoms with Gasteiger partial charge in [0.1, 0.15) is 4.90 Å². The van der Waals surface area contributed by atoms with E-state index in [2.05, 4.69) is 26.0 Å². The van der Waals surface area contributed by atoms with Crippen molar-refractivity contribution in [3.8, 4) is 0 Å². The fourth-order valence-electron chi connectivity index (χ4n) is 2.56. The quantitative estimate of drug-likeness (QED) is 0.790. The Labute approximate surface area is 143 Å². The highest BCUT2D eigenvalue weighted by Gasteiger charge is 2.28. The first-order valence-corrected chi connectivity index (χ1v) is 9.71. The van der Waals surface area contributed by atoms with Gasteiger partial charge in [-0.2, -0.15) is 0 Å². The number of sulfonamides is 1. The van der Waals surface area contributed by atoms with Crippen LogP contribution in [0.25, 0.3) is 0 Å². The van der Waals surface area contributed by atoms with Crippen LogP contribution in [0, 0.1) is 0 Å². The number of rotatable bonds is 4. The lowest BCUT2D eigenvalue weighted by Gasteiger charge is -2.28. The Kier molecular flexibility index (Phi) is 5.96. The number of hydrogen-bond acceptors (Lipinski definition) is 3. The van der Waals surface area contributed by atoms with Crippen LogP contribution in [-0.2, 0) is 10.0 Å². The molecular weight excluding hydrogens is 399 g/mol. The van der Waals surface area contributed by atoms with Crippen molar-refractivity contribution in [2.24, 2.45) is 0 Å². The smallest absolute Gasteiger partial charge is 0.243 e. The van der Waals surface area contributed by atoms with Gasteiger partial charge in [-0.1, -0.05) is 39.1 Å². The summed E-state index contributed by atoms with van der Waals surface area (Å²) in [6.45, 7) is 0. The molecule has 1 aliphatic carbocycles. The maximum absolute atomic E-state index is 12.5. The Morgan fingerprint density at radius 3 is 2.05 bits per heavy atom. The molecule has 21 heavy (non-hydrogen) atoms. The van der Waals surface area contributed by atoms with Crippen LogP contribution in [0.5, 0.6) is 0 Å². The van der Waals surface area contributed by atoms with Crippen LogP contribution in [0.3, 0.4) is 0 Å². The molecule has 8 heteroatoms. The lowest BCUT2D eigenvalue weighted by Crippen LogP contribution is -2.41. The molecule has 2 N–H and O–H groups in total. The second kappa shape index (κ2) is 7.15. The first-order chi connectivity index (χ1) is 9.83. The zero-order valence-corrected chi connectivity index (χ0v) is 15.4. The van der Waals surface area contributed by atoms with E-state index in [4.69, 9.17) is 23.2 Å². The zero-order valence-electron chi connectivity index (χ0n) is 11.5. The van der Waals surface area contributed by atoms with E-state index in [9.17, 15) is 8.42 Å². The van der Waals surface area contributed by atoms with E-state index >= 15 is 0 Å². The number of benzene rings is 1. The van der Waals surface area contributed by atoms with E-state index in [1.54, 1.807) is 0 Å². The molecule has 1 aliphatic rings. The second-order valence-corrected chi connectivity index (χ2v) is 8.54. The highest BCUT2D eigenvalue weighted by Crippen LogP contribution is 2.33. The third kappa shape index (κ3) is 4.33. The molecule has 0 bridgehead atoms. The summed E-state index contributed by atoms with van der Waals surface area (Å²) >= 11 is 15.3. The maximum atomic E-state index is 12.5. The molecule has 0 radical (unpaired) electrons. The summed E-state index contributed by atoms with van der Waals surface area (Å²) in [6.07, 6.45) is 3.50. The highest BCUT2D eigenvalue weighted by molar-refractivity contribution is 9.10. The highest BCUT2D eigenvalue weighted by atomic mass is 79.9. The fraction of sp³-hybridized carbons (Fsp3) is 0.538. The van der Waals surface area contributed by atoms with Gasteiger partial charge in [-0.25, -0.2) is 13.1 Å². The van der Waals surface area contributed by atoms with E-state index in [1.165, 1.54) is 12.1 Å². The van der Waals surface area contributed by atoms with Gasteiger partial charge in [0.15, 0.2) is 0 Å². The predicted molar refractivity (Wildman–Crippen MR) is 89.6 cm³/mol. The molecule has 0 spiro atoms. The predicted octanol–water partition coefficient (Wildman–Crippen LogP) is 3.56. The second-order valence-electron chi connectivity index (χ2n) is 5.16. The number of hydrogen-bond donors (Lipinski definition) is 2. The minimum Gasteiger partial charge on any atom is -0.317 e. The van der Waals surface area contributed by atoms with Crippen molar-refractivity contribution in [3.63, 3.8) is 0 Å². The molecule has 0 unspecified atom stereocenters. The van der Waals surface area contributed by atoms with Crippen molar-refractivity contribution in [3.05, 3.63) is 26.7 Å². The lowest BCUT2D eigenvalue weighted by molar-refractivity contribution is 0.343. The molecule has 1 aromatic rings. The number of nitrogens with one attached hydrogen (secondary N) is 2. The minimum atomic E-state index is -3.72. The van der Waals surface area contributed by atoms with E-state index in [0.717, 1.165) is 25.7 Å². The SMILES string of the molecule is CNC1CCC(NS(=O)(=O)c2c(Cl)cc(Br)cc2Cl)CC1. The van der Waals surface area contributed by atoms with Crippen LogP contribution in [-0.4, -0.2) is 27.5 Å². The van der Waals surface area contributed by atoms with Crippen LogP contribution < -0.4 is 10.0 Å². The summed E-state index contributed by atoms with van der Waals surface area (Å²) in [5.74, 6) is 0. The molecule has 0 aliphatic heterocycles. The standard InChI is InChI=1S/C13H17BrCl2N2O2S/c1-17-9-2-4-10(5-3-9)18-21(19,20)13-11(15)6-8(14)7-12(13)16/h6-7,9-10,17-18H,2-5H2,1H3. The third-order valence-corrected chi connectivity index (χ3v) is 6.59. The normalized spacial score (nSPS) is 23.2. The van der Waals surface area contributed by atoms with Crippen LogP contribution in [0.4, 0.5) is 0 Å². The Morgan fingerprint density at radius 2 is 1.57 bits per heavy atom. The monoisotopic (exact) mass is 414 g/mol. The van der Waals surface area contributed by atoms with Gasteiger partial charge in [-0.05, 0) is 44.9 Å². The summed E-state index contributed by atoms with van der Waals surface area (Å²) in [5.41, 5.74) is 0. The molecule has 0 heterocycles. The Balaban J connectivity index is 2.16. The summed E-state index contributed by atoms with van der Waals surface area (Å²) in [7, 11) is -1.79. The molecule has 1 saturated carbocycles. The van der Waals surface area contributed by atoms with Crippen LogP contribution >= 0.6 is 39.1 Å². The van der Waals surface area contributed by atoms with Crippen molar-refractivity contribution >= 4 is 49.2 Å². The molecule has 118 valence electrons. The van der Waals surface area contributed by atoms with Crippen molar-refractivity contribution in [2.75, 3.05) is 7.05 Å². The van der Waals surface area contributed by atoms with Gasteiger partial charge in [0.05, 0.1) is 10.0 Å². The summed E-state index contributed by atoms with van der Waals surface area (Å²) < 4.78 is 28.3. The van der Waals surface area contributed by atoms with E-state index < -0.39 is 10.0 Å². The first kappa shape index (κ1) is 17.5. The Hall–Kier alpha value is 0.150. The van der Waals surface area contributed by atoms with Crippen molar-refractivity contribution < 1.29 is 8.42 Å². The minimum absolute atomic E-state index is 0.0511. The average molecular weight is 416 g/mol. The molecule has 1 fully saturated rings. The molecule has 2 rings (SSSR count). The van der Waals surface area contributed by atoms with Crippen LogP contribution in [0.15, 0.2) is 21.5 Å². The van der Waals surface area contributed by atoms with Crippen molar-refractivity contribution in [1.29, 1.82) is 0 Å². The molecule has 1 aromatic carbocycles. The Bertz CT molecular complexity index is 594. The van der Waals surface area contributed by atoms with E-state index in [0.29, 0.717) is 10.5 Å². The summed E-state index contributed by atoms with van der Waals surface area (Å²) in [4.78, 5) is -0.0511. The lowest BCUT2D eigenvalue weighted by atomic mass is 9.92. The molecule has 0 saturated heterocycles. The van der Waals surface area contributed by atoms with Crippen LogP contribution in [0.2, 0.25) is 10.0 Å². The van der Waals surface area contributed by atoms with Crippen LogP contribution in [0.1, 0.15) is 25.7 Å². The Morgan fingerprint density at radius 1 is 1.10 bits per heavy atom. The maximum Gasteiger partial charge on any atom is 0.243 e. The van der Waals surface area contributed by atoms with Gasteiger partial charge in [-0.15, -0.1) is 0 Å². The van der Waals surface area contributed by atoms with Gasteiger partial charge in [-0.3, -0.25) is 0 Å².